The summed E-state index contributed by atoms with van der Waals surface area (Å²) in [5.74, 6) is 0.537. The van der Waals surface area contributed by atoms with Crippen molar-refractivity contribution in [1.82, 2.24) is 0 Å². The van der Waals surface area contributed by atoms with Gasteiger partial charge in [0.1, 0.15) is 11.9 Å². The molecule has 0 aliphatic rings. The van der Waals surface area contributed by atoms with Gasteiger partial charge in [-0.3, -0.25) is 0 Å². The van der Waals surface area contributed by atoms with Crippen molar-refractivity contribution >= 4 is 11.6 Å². The second-order valence-electron chi connectivity index (χ2n) is 3.41. The molecule has 4 heteroatoms. The van der Waals surface area contributed by atoms with Crippen LogP contribution >= 0.6 is 11.6 Å². The number of methoxy groups -OCH3 is 1. The molecule has 1 aromatic rings. The molecule has 1 rings (SSSR count). The number of ether oxygens (including phenoxy) is 1. The van der Waals surface area contributed by atoms with E-state index in [0.29, 0.717) is 11.3 Å². The minimum Gasteiger partial charge on any atom is -0.496 e. The average Bonchev–Trinajstić information content (AvgIpc) is 2.27. The molecule has 0 saturated heterocycles. The van der Waals surface area contributed by atoms with E-state index >= 15 is 0 Å². The van der Waals surface area contributed by atoms with Crippen LogP contribution in [-0.4, -0.2) is 29.3 Å². The lowest BCUT2D eigenvalue weighted by Gasteiger charge is -2.18. The molecule has 0 spiro atoms. The second kappa shape index (κ2) is 5.35. The summed E-state index contributed by atoms with van der Waals surface area (Å²) in [5, 5.41) is 19.3. The third kappa shape index (κ3) is 2.84. The first-order chi connectivity index (χ1) is 7.10. The molecule has 0 amide bonds. The molecule has 1 aromatic carbocycles. The van der Waals surface area contributed by atoms with E-state index in [1.165, 1.54) is 7.11 Å². The first-order valence-electron chi connectivity index (χ1n) is 4.66. The van der Waals surface area contributed by atoms with Crippen molar-refractivity contribution in [3.63, 3.8) is 0 Å². The minimum atomic E-state index is -1.02. The van der Waals surface area contributed by atoms with Crippen LogP contribution in [0.5, 0.6) is 5.75 Å². The van der Waals surface area contributed by atoms with Crippen LogP contribution in [0.2, 0.25) is 0 Å². The van der Waals surface area contributed by atoms with Crippen LogP contribution in [-0.2, 0) is 0 Å². The van der Waals surface area contributed by atoms with Gasteiger partial charge in [0.15, 0.2) is 0 Å². The number of aryl methyl sites for hydroxylation is 1. The molecule has 2 unspecified atom stereocenters. The Morgan fingerprint density at radius 3 is 2.60 bits per heavy atom. The minimum absolute atomic E-state index is 0.0156. The number of aliphatic hydroxyl groups is 2. The lowest BCUT2D eigenvalue weighted by molar-refractivity contribution is 0.0312. The van der Waals surface area contributed by atoms with E-state index in [2.05, 4.69) is 0 Å². The quantitative estimate of drug-likeness (QED) is 0.774. The molecule has 0 bridgehead atoms. The van der Waals surface area contributed by atoms with Crippen molar-refractivity contribution in [2.45, 2.75) is 19.1 Å². The normalized spacial score (nSPS) is 14.7. The van der Waals surface area contributed by atoms with E-state index < -0.39 is 12.2 Å². The van der Waals surface area contributed by atoms with Crippen LogP contribution in [0, 0.1) is 6.92 Å². The highest BCUT2D eigenvalue weighted by Crippen LogP contribution is 2.28. The Labute approximate surface area is 94.3 Å². The summed E-state index contributed by atoms with van der Waals surface area (Å²) in [6, 6.07) is 5.41. The molecule has 2 N–H and O–H groups in total. The Bertz CT molecular complexity index is 328. The molecular weight excluding hydrogens is 216 g/mol. The van der Waals surface area contributed by atoms with Crippen molar-refractivity contribution in [3.8, 4) is 5.75 Å². The highest BCUT2D eigenvalue weighted by Gasteiger charge is 2.20. The standard InChI is InChI=1S/C11H15ClO3/c1-7-3-4-10(15-2)8(5-7)11(14)9(13)6-12/h3-5,9,11,13-14H,6H2,1-2H3. The van der Waals surface area contributed by atoms with Gasteiger partial charge < -0.3 is 14.9 Å². The topological polar surface area (TPSA) is 49.7 Å². The maximum absolute atomic E-state index is 9.81. The molecule has 0 radical (unpaired) electrons. The summed E-state index contributed by atoms with van der Waals surface area (Å²) in [6.07, 6.45) is -2.00. The molecule has 0 aliphatic carbocycles. The molecule has 0 heterocycles. The summed E-state index contributed by atoms with van der Waals surface area (Å²) in [7, 11) is 1.52. The molecule has 0 aromatic heterocycles. The van der Waals surface area contributed by atoms with Gasteiger partial charge in [-0.05, 0) is 19.1 Å². The number of benzene rings is 1. The summed E-state index contributed by atoms with van der Waals surface area (Å²) < 4.78 is 5.10. The van der Waals surface area contributed by atoms with Gasteiger partial charge in [0.25, 0.3) is 0 Å². The largest absolute Gasteiger partial charge is 0.496 e. The summed E-state index contributed by atoms with van der Waals surface area (Å²) in [6.45, 7) is 1.91. The highest BCUT2D eigenvalue weighted by molar-refractivity contribution is 6.18. The van der Waals surface area contributed by atoms with Gasteiger partial charge in [0.2, 0.25) is 0 Å². The number of hydrogen-bond acceptors (Lipinski definition) is 3. The first kappa shape index (κ1) is 12.3. The third-order valence-electron chi connectivity index (χ3n) is 2.23. The maximum Gasteiger partial charge on any atom is 0.124 e. The summed E-state index contributed by atoms with van der Waals surface area (Å²) in [5.41, 5.74) is 1.55. The zero-order valence-corrected chi connectivity index (χ0v) is 9.53. The number of halogens is 1. The number of hydrogen-bond donors (Lipinski definition) is 2. The van der Waals surface area contributed by atoms with Gasteiger partial charge in [0.05, 0.1) is 19.1 Å². The van der Waals surface area contributed by atoms with E-state index in [4.69, 9.17) is 16.3 Å². The second-order valence-corrected chi connectivity index (χ2v) is 3.72. The smallest absolute Gasteiger partial charge is 0.124 e. The van der Waals surface area contributed by atoms with Crippen LogP contribution in [0.1, 0.15) is 17.2 Å². The zero-order chi connectivity index (χ0) is 11.4. The van der Waals surface area contributed by atoms with Crippen LogP contribution in [0.15, 0.2) is 18.2 Å². The monoisotopic (exact) mass is 230 g/mol. The van der Waals surface area contributed by atoms with Crippen molar-refractivity contribution < 1.29 is 14.9 Å². The van der Waals surface area contributed by atoms with Gasteiger partial charge in [-0.1, -0.05) is 11.6 Å². The van der Waals surface area contributed by atoms with Gasteiger partial charge in [-0.2, -0.15) is 0 Å². The van der Waals surface area contributed by atoms with Gasteiger partial charge in [-0.25, -0.2) is 0 Å². The van der Waals surface area contributed by atoms with Crippen molar-refractivity contribution in [1.29, 1.82) is 0 Å². The number of aliphatic hydroxyl groups excluding tert-OH is 2. The fraction of sp³-hybridized carbons (Fsp3) is 0.455. The Morgan fingerprint density at radius 2 is 2.07 bits per heavy atom. The third-order valence-corrected chi connectivity index (χ3v) is 2.54. The first-order valence-corrected chi connectivity index (χ1v) is 5.20. The Morgan fingerprint density at radius 1 is 1.40 bits per heavy atom. The predicted molar refractivity (Wildman–Crippen MR) is 59.4 cm³/mol. The van der Waals surface area contributed by atoms with Crippen molar-refractivity contribution in [2.24, 2.45) is 0 Å². The van der Waals surface area contributed by atoms with Crippen molar-refractivity contribution in [3.05, 3.63) is 29.3 Å². The lowest BCUT2D eigenvalue weighted by atomic mass is 10.0. The Hall–Kier alpha value is -0.770. The maximum atomic E-state index is 9.81. The zero-order valence-electron chi connectivity index (χ0n) is 8.77. The molecule has 0 saturated carbocycles. The molecule has 15 heavy (non-hydrogen) atoms. The fourth-order valence-corrected chi connectivity index (χ4v) is 1.55. The lowest BCUT2D eigenvalue weighted by Crippen LogP contribution is -2.20. The van der Waals surface area contributed by atoms with E-state index in [0.717, 1.165) is 5.56 Å². The fourth-order valence-electron chi connectivity index (χ4n) is 1.38. The SMILES string of the molecule is COc1ccc(C)cc1C(O)C(O)CCl. The molecule has 3 nitrogen and oxygen atoms in total. The highest BCUT2D eigenvalue weighted by atomic mass is 35.5. The van der Waals surface area contributed by atoms with Crippen LogP contribution in [0.25, 0.3) is 0 Å². The van der Waals surface area contributed by atoms with Gasteiger partial charge in [0, 0.05) is 5.56 Å². The number of alkyl halides is 1. The van der Waals surface area contributed by atoms with Crippen LogP contribution in [0.3, 0.4) is 0 Å². The van der Waals surface area contributed by atoms with E-state index in [1.54, 1.807) is 12.1 Å². The molecule has 2 atom stereocenters. The summed E-state index contributed by atoms with van der Waals surface area (Å²) >= 11 is 5.48. The van der Waals surface area contributed by atoms with E-state index in [-0.39, 0.29) is 5.88 Å². The molecule has 0 aliphatic heterocycles. The molecule has 0 fully saturated rings. The van der Waals surface area contributed by atoms with E-state index in [1.807, 2.05) is 13.0 Å². The van der Waals surface area contributed by atoms with Crippen LogP contribution < -0.4 is 4.74 Å². The van der Waals surface area contributed by atoms with Crippen LogP contribution in [0.4, 0.5) is 0 Å². The summed E-state index contributed by atoms with van der Waals surface area (Å²) in [4.78, 5) is 0. The molecular formula is C11H15ClO3. The van der Waals surface area contributed by atoms with Gasteiger partial charge >= 0.3 is 0 Å². The number of rotatable bonds is 4. The molecule has 84 valence electrons. The van der Waals surface area contributed by atoms with Gasteiger partial charge in [-0.15, -0.1) is 11.6 Å². The Balaban J connectivity index is 3.05. The van der Waals surface area contributed by atoms with Crippen molar-refractivity contribution in [2.75, 3.05) is 13.0 Å². The predicted octanol–water partition coefficient (Wildman–Crippen LogP) is 1.64. The van der Waals surface area contributed by atoms with E-state index in [9.17, 15) is 10.2 Å². The Kier molecular flexibility index (Phi) is 4.39. The average molecular weight is 231 g/mol.